The molecule has 0 amide bonds. The molecule has 1 saturated carbocycles. The van der Waals surface area contributed by atoms with E-state index in [4.69, 9.17) is 12.2 Å². The van der Waals surface area contributed by atoms with E-state index < -0.39 is 0 Å². The summed E-state index contributed by atoms with van der Waals surface area (Å²) in [7, 11) is 4.22. The Hall–Kier alpha value is -1.92. The molecule has 3 heterocycles. The summed E-state index contributed by atoms with van der Waals surface area (Å²) in [5.41, 5.74) is 2.37. The van der Waals surface area contributed by atoms with Crippen LogP contribution in [0, 0.1) is 0 Å². The van der Waals surface area contributed by atoms with Crippen LogP contribution < -0.4 is 5.32 Å². The number of hydrogen-bond donors (Lipinski definition) is 1. The summed E-state index contributed by atoms with van der Waals surface area (Å²) >= 11 is 5.74. The van der Waals surface area contributed by atoms with Gasteiger partial charge in [-0.1, -0.05) is 25.3 Å². The summed E-state index contributed by atoms with van der Waals surface area (Å²) in [5.74, 6) is 0. The van der Waals surface area contributed by atoms with Crippen molar-refractivity contribution in [2.45, 2.75) is 50.2 Å². The molecule has 0 aromatic carbocycles. The number of hydrogen-bond acceptors (Lipinski definition) is 3. The number of nitrogens with one attached hydrogen (secondary N) is 1. The van der Waals surface area contributed by atoms with Crippen molar-refractivity contribution in [2.75, 3.05) is 27.2 Å². The van der Waals surface area contributed by atoms with Gasteiger partial charge in [0.15, 0.2) is 5.11 Å². The van der Waals surface area contributed by atoms with Crippen LogP contribution in [0.4, 0.5) is 0 Å². The number of nitrogens with zero attached hydrogens (tertiary/aromatic N) is 4. The van der Waals surface area contributed by atoms with Crippen LogP contribution in [0.1, 0.15) is 61.5 Å². The Kier molecular flexibility index (Phi) is 5.97. The summed E-state index contributed by atoms with van der Waals surface area (Å²) in [4.78, 5) is 9.18. The average Bonchev–Trinajstić information content (AvgIpc) is 3.32. The van der Waals surface area contributed by atoms with E-state index in [1.807, 2.05) is 12.3 Å². The van der Waals surface area contributed by atoms with Gasteiger partial charge in [0.25, 0.3) is 0 Å². The molecule has 28 heavy (non-hydrogen) atoms. The van der Waals surface area contributed by atoms with E-state index >= 15 is 0 Å². The standard InChI is InChI=1S/C22H31N5S/c1-25(2)14-15-27-21(20(24-22(27)28)19-10-6-7-12-23-19)17-11-13-26(16-17)18-8-4-3-5-9-18/h6-7,10-13,16,18,20-21H,3-5,8-9,14-15H2,1-2H3,(H,24,28). The van der Waals surface area contributed by atoms with E-state index in [1.165, 1.54) is 37.7 Å². The second-order valence-corrected chi connectivity index (χ2v) is 8.69. The van der Waals surface area contributed by atoms with E-state index in [2.05, 4.69) is 69.4 Å². The highest BCUT2D eigenvalue weighted by atomic mass is 32.1. The molecule has 1 aliphatic heterocycles. The predicted octanol–water partition coefficient (Wildman–Crippen LogP) is 3.92. The molecule has 0 radical (unpaired) electrons. The quantitative estimate of drug-likeness (QED) is 0.748. The molecule has 2 aromatic rings. The molecule has 6 heteroatoms. The largest absolute Gasteiger partial charge is 0.352 e. The highest BCUT2D eigenvalue weighted by molar-refractivity contribution is 7.80. The molecule has 0 spiro atoms. The molecule has 2 aromatic heterocycles. The number of likely N-dealkylation sites (N-methyl/N-ethyl adjacent to an activating group) is 1. The highest BCUT2D eigenvalue weighted by Crippen LogP contribution is 2.39. The van der Waals surface area contributed by atoms with Crippen LogP contribution >= 0.6 is 12.2 Å². The third-order valence-electron chi connectivity index (χ3n) is 6.06. The summed E-state index contributed by atoms with van der Waals surface area (Å²) in [6.07, 6.45) is 13.2. The van der Waals surface area contributed by atoms with Gasteiger partial charge < -0.3 is 19.7 Å². The Morgan fingerprint density at radius 1 is 1.18 bits per heavy atom. The van der Waals surface area contributed by atoms with Gasteiger partial charge in [0, 0.05) is 37.7 Å². The lowest BCUT2D eigenvalue weighted by Crippen LogP contribution is -2.35. The minimum atomic E-state index is 0.0815. The molecule has 150 valence electrons. The van der Waals surface area contributed by atoms with E-state index in [0.717, 1.165) is 23.9 Å². The Morgan fingerprint density at radius 3 is 2.71 bits per heavy atom. The van der Waals surface area contributed by atoms with Crippen molar-refractivity contribution in [1.29, 1.82) is 0 Å². The lowest BCUT2D eigenvalue weighted by atomic mass is 9.95. The molecule has 2 fully saturated rings. The lowest BCUT2D eigenvalue weighted by molar-refractivity contribution is 0.277. The lowest BCUT2D eigenvalue weighted by Gasteiger charge is -2.28. The van der Waals surface area contributed by atoms with Crippen LogP contribution in [0.5, 0.6) is 0 Å². The summed E-state index contributed by atoms with van der Waals surface area (Å²) in [6.45, 7) is 1.87. The van der Waals surface area contributed by atoms with E-state index in [9.17, 15) is 0 Å². The molecule has 2 unspecified atom stereocenters. The molecule has 2 atom stereocenters. The first-order chi connectivity index (χ1) is 13.6. The van der Waals surface area contributed by atoms with Crippen molar-refractivity contribution < 1.29 is 0 Å². The zero-order chi connectivity index (χ0) is 19.5. The molecule has 2 aliphatic rings. The summed E-state index contributed by atoms with van der Waals surface area (Å²) < 4.78 is 2.44. The topological polar surface area (TPSA) is 36.3 Å². The minimum absolute atomic E-state index is 0.0815. The number of rotatable bonds is 6. The monoisotopic (exact) mass is 397 g/mol. The molecule has 1 N–H and O–H groups in total. The SMILES string of the molecule is CN(C)CCN1C(=S)NC(c2ccccn2)C1c1ccn(C2CCCCC2)c1. The van der Waals surface area contributed by atoms with Gasteiger partial charge in [-0.15, -0.1) is 0 Å². The van der Waals surface area contributed by atoms with Gasteiger partial charge in [-0.05, 0) is 62.9 Å². The first kappa shape index (κ1) is 19.4. The van der Waals surface area contributed by atoms with Crippen molar-refractivity contribution in [3.05, 3.63) is 54.1 Å². The Balaban J connectivity index is 1.63. The maximum Gasteiger partial charge on any atom is 0.170 e. The van der Waals surface area contributed by atoms with Crippen molar-refractivity contribution >= 4 is 17.3 Å². The highest BCUT2D eigenvalue weighted by Gasteiger charge is 2.40. The first-order valence-electron chi connectivity index (χ1n) is 10.4. The Bertz CT molecular complexity index is 781. The van der Waals surface area contributed by atoms with Crippen molar-refractivity contribution in [2.24, 2.45) is 0 Å². The first-order valence-corrected chi connectivity index (χ1v) is 10.8. The summed E-state index contributed by atoms with van der Waals surface area (Å²) in [5, 5.41) is 4.38. The molecule has 4 rings (SSSR count). The minimum Gasteiger partial charge on any atom is -0.352 e. The molecular formula is C22H31N5S. The van der Waals surface area contributed by atoms with E-state index in [-0.39, 0.29) is 12.1 Å². The molecule has 1 saturated heterocycles. The normalized spacial score (nSPS) is 23.4. The van der Waals surface area contributed by atoms with Gasteiger partial charge in [-0.3, -0.25) is 4.98 Å². The van der Waals surface area contributed by atoms with Gasteiger partial charge in [-0.25, -0.2) is 0 Å². The van der Waals surface area contributed by atoms with Gasteiger partial charge in [0.2, 0.25) is 0 Å². The Morgan fingerprint density at radius 2 is 2.00 bits per heavy atom. The van der Waals surface area contributed by atoms with Gasteiger partial charge in [-0.2, -0.15) is 0 Å². The van der Waals surface area contributed by atoms with Crippen LogP contribution in [-0.2, 0) is 0 Å². The zero-order valence-electron chi connectivity index (χ0n) is 16.9. The Labute approximate surface area is 173 Å². The van der Waals surface area contributed by atoms with Crippen LogP contribution in [0.25, 0.3) is 0 Å². The third kappa shape index (κ3) is 4.08. The smallest absolute Gasteiger partial charge is 0.170 e. The third-order valence-corrected chi connectivity index (χ3v) is 6.41. The van der Waals surface area contributed by atoms with Crippen LogP contribution in [0.15, 0.2) is 42.9 Å². The van der Waals surface area contributed by atoms with Crippen molar-refractivity contribution in [3.63, 3.8) is 0 Å². The van der Waals surface area contributed by atoms with Crippen molar-refractivity contribution in [1.82, 2.24) is 24.7 Å². The van der Waals surface area contributed by atoms with Crippen molar-refractivity contribution in [3.8, 4) is 0 Å². The molecule has 1 aliphatic carbocycles. The molecular weight excluding hydrogens is 366 g/mol. The second kappa shape index (κ2) is 8.62. The fourth-order valence-corrected chi connectivity index (χ4v) is 4.86. The van der Waals surface area contributed by atoms with Crippen LogP contribution in [-0.4, -0.2) is 51.6 Å². The van der Waals surface area contributed by atoms with Crippen LogP contribution in [0.2, 0.25) is 0 Å². The predicted molar refractivity (Wildman–Crippen MR) is 117 cm³/mol. The van der Waals surface area contributed by atoms with Gasteiger partial charge >= 0.3 is 0 Å². The summed E-state index contributed by atoms with van der Waals surface area (Å²) in [6, 6.07) is 9.31. The van der Waals surface area contributed by atoms with Gasteiger partial charge in [0.05, 0.1) is 17.8 Å². The molecule has 5 nitrogen and oxygen atoms in total. The zero-order valence-corrected chi connectivity index (χ0v) is 17.7. The van der Waals surface area contributed by atoms with E-state index in [0.29, 0.717) is 6.04 Å². The second-order valence-electron chi connectivity index (χ2n) is 8.31. The maximum atomic E-state index is 5.74. The average molecular weight is 398 g/mol. The fraction of sp³-hybridized carbons (Fsp3) is 0.545. The van der Waals surface area contributed by atoms with Gasteiger partial charge in [0.1, 0.15) is 0 Å². The molecule has 0 bridgehead atoms. The van der Waals surface area contributed by atoms with Crippen LogP contribution in [0.3, 0.4) is 0 Å². The number of aromatic nitrogens is 2. The maximum absolute atomic E-state index is 5.74. The van der Waals surface area contributed by atoms with E-state index in [1.54, 1.807) is 0 Å². The number of pyridine rings is 1. The fourth-order valence-electron chi connectivity index (χ4n) is 4.53. The number of thiocarbonyl (C=S) groups is 1.